The average Bonchev–Trinajstić information content (AvgIpc) is 1.72. The van der Waals surface area contributed by atoms with Crippen LogP contribution in [0.5, 0.6) is 0 Å². The molecule has 0 spiro atoms. The van der Waals surface area contributed by atoms with E-state index in [4.69, 9.17) is 0 Å². The van der Waals surface area contributed by atoms with E-state index < -0.39 is 0 Å². The molecule has 2 heteroatoms. The van der Waals surface area contributed by atoms with Gasteiger partial charge in [0.1, 0.15) is 0 Å². The number of rotatable bonds is 0. The minimum Gasteiger partial charge on any atom is -0.387 e. The zero-order valence-electron chi connectivity index (χ0n) is 4.22. The van der Waals surface area contributed by atoms with Crippen LogP contribution in [0.25, 0.3) is 0 Å². The third-order valence-corrected chi connectivity index (χ3v) is 0.697. The van der Waals surface area contributed by atoms with E-state index in [1.807, 2.05) is 18.4 Å². The zero-order chi connectivity index (χ0) is 4.24. The summed E-state index contributed by atoms with van der Waals surface area (Å²) in [6, 6.07) is 0. The second kappa shape index (κ2) is 4.69. The van der Waals surface area contributed by atoms with Crippen molar-refractivity contribution in [2.45, 2.75) is 0 Å². The van der Waals surface area contributed by atoms with Crippen molar-refractivity contribution in [2.75, 3.05) is 6.54 Å². The third kappa shape index (κ3) is 3.15. The second-order valence-electron chi connectivity index (χ2n) is 1.20. The molecule has 0 unspecified atom stereocenters. The summed E-state index contributed by atoms with van der Waals surface area (Å²) in [5.41, 5.74) is 0. The van der Waals surface area contributed by atoms with Crippen LogP contribution in [0.4, 0.5) is 0 Å². The molecule has 1 aliphatic rings. The molecule has 1 nitrogen and oxygen atoms in total. The van der Waals surface area contributed by atoms with Gasteiger partial charge in [0, 0.05) is 44.3 Å². The Bertz CT molecular complexity index is 74.1. The molecule has 7 heavy (non-hydrogen) atoms. The summed E-state index contributed by atoms with van der Waals surface area (Å²) in [4.78, 5) is 0. The minimum absolute atomic E-state index is 0. The third-order valence-electron chi connectivity index (χ3n) is 0.697. The quantitative estimate of drug-likeness (QED) is 0.454. The molecule has 0 aromatic rings. The monoisotopic (exact) mass is 121 g/mol. The minimum atomic E-state index is 0. The van der Waals surface area contributed by atoms with E-state index in [1.165, 1.54) is 0 Å². The molecule has 0 fully saturated rings. The molecule has 0 aromatic carbocycles. The molecule has 0 aliphatic carbocycles. The molecule has 0 atom stereocenters. The maximum atomic E-state index is 3.02. The van der Waals surface area contributed by atoms with Crippen molar-refractivity contribution >= 4 is 37.7 Å². The van der Waals surface area contributed by atoms with Gasteiger partial charge in [0.15, 0.2) is 0 Å². The van der Waals surface area contributed by atoms with E-state index in [0.29, 0.717) is 0 Å². The van der Waals surface area contributed by atoms with Gasteiger partial charge in [-0.2, -0.15) is 0 Å². The summed E-state index contributed by atoms with van der Waals surface area (Å²) in [6.07, 6.45) is 8.00. The van der Waals surface area contributed by atoms with Crippen LogP contribution in [-0.2, 0) is 0 Å². The van der Waals surface area contributed by atoms with Crippen LogP contribution in [0.15, 0.2) is 24.4 Å². The van der Waals surface area contributed by atoms with Gasteiger partial charge in [0.2, 0.25) is 0 Å². The van der Waals surface area contributed by atoms with E-state index in [9.17, 15) is 0 Å². The fraction of sp³-hybridized carbons (Fsp3) is 0.200. The smallest absolute Gasteiger partial charge is 0.0328 e. The number of hydrogen-bond donors (Lipinski definition) is 1. The van der Waals surface area contributed by atoms with Crippen LogP contribution in [0.3, 0.4) is 0 Å². The zero-order valence-corrected chi connectivity index (χ0v) is 6.43. The van der Waals surface area contributed by atoms with Crippen LogP contribution in [0.1, 0.15) is 0 Å². The van der Waals surface area contributed by atoms with Crippen molar-refractivity contribution in [3.8, 4) is 0 Å². The number of allylic oxidation sites excluding steroid dienone is 2. The fourth-order valence-electron chi connectivity index (χ4n) is 0.406. The van der Waals surface area contributed by atoms with E-state index >= 15 is 0 Å². The van der Waals surface area contributed by atoms with Crippen molar-refractivity contribution in [1.29, 1.82) is 0 Å². The predicted molar refractivity (Wildman–Crippen MR) is 32.0 cm³/mol. The van der Waals surface area contributed by atoms with Gasteiger partial charge in [-0.3, -0.25) is 0 Å². The van der Waals surface area contributed by atoms with Crippen LogP contribution < -0.4 is 5.32 Å². The molecule has 0 saturated heterocycles. The largest absolute Gasteiger partial charge is 0.387 e. The van der Waals surface area contributed by atoms with Gasteiger partial charge in [0.25, 0.3) is 0 Å². The van der Waals surface area contributed by atoms with E-state index in [-0.39, 0.29) is 37.7 Å². The summed E-state index contributed by atoms with van der Waals surface area (Å²) < 4.78 is 0. The Hall–Kier alpha value is 0.540. The van der Waals surface area contributed by atoms with E-state index in [1.54, 1.807) is 0 Å². The Kier molecular flexibility index (Phi) is 5.05. The SMILES string of the molecule is C1=CCNC=C1.[Ca]. The summed E-state index contributed by atoms with van der Waals surface area (Å²) in [5.74, 6) is 0. The number of dihydropyridines is 1. The van der Waals surface area contributed by atoms with Crippen molar-refractivity contribution < 1.29 is 0 Å². The van der Waals surface area contributed by atoms with Crippen molar-refractivity contribution in [3.05, 3.63) is 24.4 Å². The van der Waals surface area contributed by atoms with Crippen molar-refractivity contribution in [2.24, 2.45) is 0 Å². The second-order valence-corrected chi connectivity index (χ2v) is 1.20. The topological polar surface area (TPSA) is 12.0 Å². The maximum absolute atomic E-state index is 3.02. The molecule has 1 heterocycles. The van der Waals surface area contributed by atoms with E-state index in [0.717, 1.165) is 6.54 Å². The molecular formula is C5H7CaN. The van der Waals surface area contributed by atoms with Gasteiger partial charge >= 0.3 is 0 Å². The Labute approximate surface area is 73.5 Å². The van der Waals surface area contributed by atoms with Gasteiger partial charge in [-0.15, -0.1) is 0 Å². The van der Waals surface area contributed by atoms with Gasteiger partial charge < -0.3 is 5.32 Å². The molecular weight excluding hydrogens is 114 g/mol. The van der Waals surface area contributed by atoms with Crippen LogP contribution in [0.2, 0.25) is 0 Å². The van der Waals surface area contributed by atoms with Gasteiger partial charge in [0.05, 0.1) is 0 Å². The van der Waals surface area contributed by atoms with Gasteiger partial charge in [-0.1, -0.05) is 12.2 Å². The molecule has 1 N–H and O–H groups in total. The maximum Gasteiger partial charge on any atom is 0.0328 e. The molecule has 0 amide bonds. The molecule has 2 radical (unpaired) electrons. The Morgan fingerprint density at radius 3 is 2.29 bits per heavy atom. The van der Waals surface area contributed by atoms with Crippen molar-refractivity contribution in [3.63, 3.8) is 0 Å². The average molecular weight is 121 g/mol. The Balaban J connectivity index is 0.000000360. The molecule has 1 aliphatic heterocycles. The summed E-state index contributed by atoms with van der Waals surface area (Å²) >= 11 is 0. The number of hydrogen-bond acceptors (Lipinski definition) is 1. The first-order valence-electron chi connectivity index (χ1n) is 2.05. The predicted octanol–water partition coefficient (Wildman–Crippen LogP) is 0.279. The summed E-state index contributed by atoms with van der Waals surface area (Å²) in [5, 5.41) is 3.02. The van der Waals surface area contributed by atoms with Crippen LogP contribution in [-0.4, -0.2) is 44.3 Å². The van der Waals surface area contributed by atoms with Gasteiger partial charge in [-0.25, -0.2) is 0 Å². The molecule has 34 valence electrons. The molecule has 1 rings (SSSR count). The number of nitrogens with one attached hydrogen (secondary N) is 1. The summed E-state index contributed by atoms with van der Waals surface area (Å²) in [6.45, 7) is 0.983. The normalized spacial score (nSPS) is 14.9. The van der Waals surface area contributed by atoms with Crippen LogP contribution in [0, 0.1) is 0 Å². The molecule has 0 saturated carbocycles. The van der Waals surface area contributed by atoms with E-state index in [2.05, 4.69) is 11.4 Å². The van der Waals surface area contributed by atoms with Gasteiger partial charge in [-0.05, 0) is 12.3 Å². The molecule has 0 bridgehead atoms. The summed E-state index contributed by atoms with van der Waals surface area (Å²) in [7, 11) is 0. The first-order valence-corrected chi connectivity index (χ1v) is 2.05. The Morgan fingerprint density at radius 1 is 1.29 bits per heavy atom. The standard InChI is InChI=1S/C5H7N.Ca/c1-2-4-6-5-3-1;/h1-4,6H,5H2;. The fourth-order valence-corrected chi connectivity index (χ4v) is 0.406. The first-order chi connectivity index (χ1) is 3.00. The van der Waals surface area contributed by atoms with Crippen molar-refractivity contribution in [1.82, 2.24) is 5.32 Å². The Morgan fingerprint density at radius 2 is 2.14 bits per heavy atom. The van der Waals surface area contributed by atoms with Crippen LogP contribution >= 0.6 is 0 Å². The first kappa shape index (κ1) is 7.54. The molecule has 0 aromatic heterocycles.